The fourth-order valence-corrected chi connectivity index (χ4v) is 2.51. The molecule has 0 aromatic carbocycles. The minimum atomic E-state index is -0.376. The molecule has 0 aliphatic rings. The predicted molar refractivity (Wildman–Crippen MR) is 56.0 cm³/mol. The molecule has 0 aliphatic heterocycles. The van der Waals surface area contributed by atoms with Crippen molar-refractivity contribution in [2.45, 2.75) is 40.2 Å². The van der Waals surface area contributed by atoms with Crippen LogP contribution in [0.1, 0.15) is 42.5 Å². The van der Waals surface area contributed by atoms with E-state index < -0.39 is 0 Å². The fraction of sp³-hybridized carbons (Fsp3) is 0.700. The molecule has 1 unspecified atom stereocenters. The Morgan fingerprint density at radius 3 is 2.38 bits per heavy atom. The van der Waals surface area contributed by atoms with Gasteiger partial charge in [0.15, 0.2) is 0 Å². The van der Waals surface area contributed by atoms with E-state index in [0.29, 0.717) is 5.92 Å². The molecule has 1 aromatic rings. The molecule has 0 amide bonds. The minimum absolute atomic E-state index is 0.376. The average molecular weight is 199 g/mol. The van der Waals surface area contributed by atoms with Crippen LogP contribution in [0, 0.1) is 12.8 Å². The van der Waals surface area contributed by atoms with E-state index in [9.17, 15) is 5.11 Å². The Morgan fingerprint density at radius 1 is 1.38 bits per heavy atom. The highest BCUT2D eigenvalue weighted by Gasteiger charge is 2.12. The summed E-state index contributed by atoms with van der Waals surface area (Å²) in [7, 11) is 0. The molecule has 0 spiro atoms. The van der Waals surface area contributed by atoms with Gasteiger partial charge in [-0.1, -0.05) is 13.8 Å². The van der Waals surface area contributed by atoms with Gasteiger partial charge in [0, 0.05) is 6.42 Å². The molecule has 1 atom stereocenters. The van der Waals surface area contributed by atoms with Gasteiger partial charge in [-0.15, -0.1) is 11.3 Å². The molecule has 0 fully saturated rings. The lowest BCUT2D eigenvalue weighted by Gasteiger charge is -1.99. The van der Waals surface area contributed by atoms with Gasteiger partial charge >= 0.3 is 0 Å². The zero-order chi connectivity index (χ0) is 10.0. The molecule has 1 heterocycles. The zero-order valence-electron chi connectivity index (χ0n) is 8.66. The van der Waals surface area contributed by atoms with Crippen LogP contribution in [0.5, 0.6) is 0 Å². The number of aliphatic hydroxyl groups excluding tert-OH is 1. The van der Waals surface area contributed by atoms with E-state index in [2.05, 4.69) is 18.8 Å². The number of aryl methyl sites for hydroxylation is 1. The van der Waals surface area contributed by atoms with Gasteiger partial charge in [0.25, 0.3) is 0 Å². The summed E-state index contributed by atoms with van der Waals surface area (Å²) in [5.41, 5.74) is 0.982. The highest BCUT2D eigenvalue weighted by Crippen LogP contribution is 2.26. The Labute approximate surface area is 83.6 Å². The monoisotopic (exact) mass is 199 g/mol. The number of nitrogens with zero attached hydrogens (tertiary/aromatic N) is 1. The Morgan fingerprint density at radius 2 is 2.00 bits per heavy atom. The summed E-state index contributed by atoms with van der Waals surface area (Å²) in [6, 6.07) is 0. The first-order valence-electron chi connectivity index (χ1n) is 4.65. The molecular weight excluding hydrogens is 182 g/mol. The summed E-state index contributed by atoms with van der Waals surface area (Å²) in [6.45, 7) is 8.11. The number of aliphatic hydroxyl groups is 1. The van der Waals surface area contributed by atoms with Crippen molar-refractivity contribution in [3.63, 3.8) is 0 Å². The molecule has 13 heavy (non-hydrogen) atoms. The summed E-state index contributed by atoms with van der Waals surface area (Å²) in [6.07, 6.45) is 0.636. The third-order valence-electron chi connectivity index (χ3n) is 1.84. The SMILES string of the molecule is Cc1nc(CC(C)C)sc1C(C)O. The maximum absolute atomic E-state index is 9.42. The fourth-order valence-electron chi connectivity index (χ4n) is 1.29. The number of thiazole rings is 1. The van der Waals surface area contributed by atoms with E-state index in [1.807, 2.05) is 6.92 Å². The molecule has 1 rings (SSSR count). The first-order valence-corrected chi connectivity index (χ1v) is 5.46. The van der Waals surface area contributed by atoms with Crippen LogP contribution in [0.4, 0.5) is 0 Å². The van der Waals surface area contributed by atoms with E-state index >= 15 is 0 Å². The number of hydrogen-bond donors (Lipinski definition) is 1. The maximum atomic E-state index is 9.42. The molecule has 3 heteroatoms. The van der Waals surface area contributed by atoms with Gasteiger partial charge in [-0.2, -0.15) is 0 Å². The van der Waals surface area contributed by atoms with Crippen LogP contribution in [-0.4, -0.2) is 10.1 Å². The van der Waals surface area contributed by atoms with Crippen LogP contribution in [0.3, 0.4) is 0 Å². The van der Waals surface area contributed by atoms with E-state index in [0.717, 1.165) is 22.0 Å². The van der Waals surface area contributed by atoms with Crippen LogP contribution in [0.15, 0.2) is 0 Å². The quantitative estimate of drug-likeness (QED) is 0.812. The van der Waals surface area contributed by atoms with Crippen molar-refractivity contribution in [3.05, 3.63) is 15.6 Å². The summed E-state index contributed by atoms with van der Waals surface area (Å²) >= 11 is 1.63. The van der Waals surface area contributed by atoms with E-state index in [4.69, 9.17) is 0 Å². The van der Waals surface area contributed by atoms with Gasteiger partial charge in [-0.25, -0.2) is 4.98 Å². The largest absolute Gasteiger partial charge is 0.388 e. The molecule has 0 aliphatic carbocycles. The highest BCUT2D eigenvalue weighted by atomic mass is 32.1. The topological polar surface area (TPSA) is 33.1 Å². The third-order valence-corrected chi connectivity index (χ3v) is 3.19. The third kappa shape index (κ3) is 2.78. The van der Waals surface area contributed by atoms with Crippen molar-refractivity contribution in [3.8, 4) is 0 Å². The summed E-state index contributed by atoms with van der Waals surface area (Å²) in [5, 5.41) is 10.6. The van der Waals surface area contributed by atoms with Gasteiger partial charge in [0.05, 0.1) is 21.7 Å². The van der Waals surface area contributed by atoms with Gasteiger partial charge in [0.1, 0.15) is 0 Å². The minimum Gasteiger partial charge on any atom is -0.388 e. The van der Waals surface area contributed by atoms with Crippen molar-refractivity contribution >= 4 is 11.3 Å². The normalized spacial score (nSPS) is 13.7. The first-order chi connectivity index (χ1) is 6.00. The van der Waals surface area contributed by atoms with Crippen LogP contribution in [0.2, 0.25) is 0 Å². The van der Waals surface area contributed by atoms with Gasteiger partial charge < -0.3 is 5.11 Å². The van der Waals surface area contributed by atoms with Crippen molar-refractivity contribution in [2.75, 3.05) is 0 Å². The van der Waals surface area contributed by atoms with Crippen molar-refractivity contribution < 1.29 is 5.11 Å². The number of aromatic nitrogens is 1. The van der Waals surface area contributed by atoms with E-state index in [1.165, 1.54) is 0 Å². The summed E-state index contributed by atoms with van der Waals surface area (Å²) in [5.74, 6) is 0.632. The second-order valence-corrected chi connectivity index (χ2v) is 4.95. The molecule has 0 saturated heterocycles. The second kappa shape index (κ2) is 4.20. The van der Waals surface area contributed by atoms with E-state index in [1.54, 1.807) is 18.3 Å². The van der Waals surface area contributed by atoms with Crippen LogP contribution in [-0.2, 0) is 6.42 Å². The number of rotatable bonds is 3. The van der Waals surface area contributed by atoms with Crippen LogP contribution in [0.25, 0.3) is 0 Å². The summed E-state index contributed by atoms with van der Waals surface area (Å²) < 4.78 is 0. The zero-order valence-corrected chi connectivity index (χ0v) is 9.48. The lowest BCUT2D eigenvalue weighted by Crippen LogP contribution is -1.92. The molecule has 0 saturated carbocycles. The predicted octanol–water partition coefficient (Wildman–Crippen LogP) is 2.70. The lowest BCUT2D eigenvalue weighted by molar-refractivity contribution is 0.202. The first kappa shape index (κ1) is 10.7. The Balaban J connectivity index is 2.82. The van der Waals surface area contributed by atoms with Crippen LogP contribution >= 0.6 is 11.3 Å². The van der Waals surface area contributed by atoms with Gasteiger partial charge in [0.2, 0.25) is 0 Å². The Bertz CT molecular complexity index is 278. The summed E-state index contributed by atoms with van der Waals surface area (Å²) in [4.78, 5) is 5.44. The molecular formula is C10H17NOS. The second-order valence-electron chi connectivity index (χ2n) is 3.83. The van der Waals surface area contributed by atoms with Crippen molar-refractivity contribution in [2.24, 2.45) is 5.92 Å². The van der Waals surface area contributed by atoms with Crippen molar-refractivity contribution in [1.29, 1.82) is 0 Å². The molecule has 0 radical (unpaired) electrons. The number of hydrogen-bond acceptors (Lipinski definition) is 3. The Kier molecular flexibility index (Phi) is 3.45. The lowest BCUT2D eigenvalue weighted by atomic mass is 10.1. The molecule has 0 bridgehead atoms. The van der Waals surface area contributed by atoms with E-state index in [-0.39, 0.29) is 6.10 Å². The Hall–Kier alpha value is -0.410. The maximum Gasteiger partial charge on any atom is 0.0934 e. The smallest absolute Gasteiger partial charge is 0.0934 e. The molecule has 1 N–H and O–H groups in total. The molecule has 74 valence electrons. The average Bonchev–Trinajstić information content (AvgIpc) is 2.29. The van der Waals surface area contributed by atoms with Crippen molar-refractivity contribution in [1.82, 2.24) is 4.98 Å². The highest BCUT2D eigenvalue weighted by molar-refractivity contribution is 7.11. The molecule has 2 nitrogen and oxygen atoms in total. The molecule has 1 aromatic heterocycles. The van der Waals surface area contributed by atoms with Gasteiger partial charge in [-0.05, 0) is 19.8 Å². The standard InChI is InChI=1S/C10H17NOS/c1-6(2)5-9-11-7(3)10(13-9)8(4)12/h6,8,12H,5H2,1-4H3. The van der Waals surface area contributed by atoms with Crippen LogP contribution < -0.4 is 0 Å². The van der Waals surface area contributed by atoms with Gasteiger partial charge in [-0.3, -0.25) is 0 Å².